The SMILES string of the molecule is C[C@H](N)C(=O)N1CCC(Oc2ccccc2)CC1.Cl. The van der Waals surface area contributed by atoms with Gasteiger partial charge in [0.1, 0.15) is 11.9 Å². The second-order valence-corrected chi connectivity index (χ2v) is 4.74. The molecule has 0 radical (unpaired) electrons. The molecule has 19 heavy (non-hydrogen) atoms. The van der Waals surface area contributed by atoms with Crippen LogP contribution in [0.2, 0.25) is 0 Å². The number of ether oxygens (including phenoxy) is 1. The van der Waals surface area contributed by atoms with Crippen molar-refractivity contribution in [2.24, 2.45) is 5.73 Å². The first-order valence-corrected chi connectivity index (χ1v) is 6.43. The molecule has 1 saturated heterocycles. The summed E-state index contributed by atoms with van der Waals surface area (Å²) in [5.74, 6) is 0.933. The van der Waals surface area contributed by atoms with E-state index in [9.17, 15) is 4.79 Å². The number of piperidine rings is 1. The Kier molecular flexibility index (Phi) is 6.12. The van der Waals surface area contributed by atoms with E-state index >= 15 is 0 Å². The number of carbonyl (C=O) groups excluding carboxylic acids is 1. The van der Waals surface area contributed by atoms with Crippen molar-refractivity contribution in [2.45, 2.75) is 31.9 Å². The van der Waals surface area contributed by atoms with Crippen LogP contribution in [0.1, 0.15) is 19.8 Å². The van der Waals surface area contributed by atoms with Crippen molar-refractivity contribution < 1.29 is 9.53 Å². The largest absolute Gasteiger partial charge is 0.490 e. The number of amides is 1. The summed E-state index contributed by atoms with van der Waals surface area (Å²) >= 11 is 0. The van der Waals surface area contributed by atoms with Crippen molar-refractivity contribution in [1.29, 1.82) is 0 Å². The van der Waals surface area contributed by atoms with Crippen LogP contribution in [0, 0.1) is 0 Å². The zero-order valence-electron chi connectivity index (χ0n) is 11.1. The number of carbonyl (C=O) groups is 1. The molecule has 2 rings (SSSR count). The Morgan fingerprint density at radius 2 is 1.89 bits per heavy atom. The maximum Gasteiger partial charge on any atom is 0.239 e. The summed E-state index contributed by atoms with van der Waals surface area (Å²) in [7, 11) is 0. The van der Waals surface area contributed by atoms with Crippen LogP contribution in [-0.2, 0) is 4.79 Å². The van der Waals surface area contributed by atoms with Crippen molar-refractivity contribution >= 4 is 18.3 Å². The quantitative estimate of drug-likeness (QED) is 0.921. The number of likely N-dealkylation sites (tertiary alicyclic amines) is 1. The van der Waals surface area contributed by atoms with Gasteiger partial charge in [0.05, 0.1) is 6.04 Å². The lowest BCUT2D eigenvalue weighted by atomic mass is 10.1. The molecule has 0 saturated carbocycles. The molecule has 106 valence electrons. The van der Waals surface area contributed by atoms with Crippen LogP contribution in [0.15, 0.2) is 30.3 Å². The molecule has 5 heteroatoms. The Labute approximate surface area is 120 Å². The number of halogens is 1. The van der Waals surface area contributed by atoms with Crippen molar-refractivity contribution in [3.63, 3.8) is 0 Å². The summed E-state index contributed by atoms with van der Waals surface area (Å²) in [4.78, 5) is 13.6. The van der Waals surface area contributed by atoms with Gasteiger partial charge in [-0.1, -0.05) is 18.2 Å². The Bertz CT molecular complexity index is 390. The fourth-order valence-corrected chi connectivity index (χ4v) is 2.17. The van der Waals surface area contributed by atoms with E-state index in [0.29, 0.717) is 0 Å². The Morgan fingerprint density at radius 1 is 1.32 bits per heavy atom. The summed E-state index contributed by atoms with van der Waals surface area (Å²) in [6.07, 6.45) is 1.94. The fourth-order valence-electron chi connectivity index (χ4n) is 2.17. The summed E-state index contributed by atoms with van der Waals surface area (Å²) in [6, 6.07) is 9.40. The van der Waals surface area contributed by atoms with Crippen LogP contribution in [0.4, 0.5) is 0 Å². The maximum atomic E-state index is 11.7. The van der Waals surface area contributed by atoms with E-state index in [0.717, 1.165) is 31.7 Å². The van der Waals surface area contributed by atoms with Crippen molar-refractivity contribution in [3.05, 3.63) is 30.3 Å². The van der Waals surface area contributed by atoms with Gasteiger partial charge in [-0.15, -0.1) is 12.4 Å². The average molecular weight is 285 g/mol. The number of para-hydroxylation sites is 1. The summed E-state index contributed by atoms with van der Waals surface area (Å²) in [5.41, 5.74) is 5.60. The zero-order valence-corrected chi connectivity index (χ0v) is 11.9. The lowest BCUT2D eigenvalue weighted by Gasteiger charge is -2.33. The predicted molar refractivity (Wildman–Crippen MR) is 77.6 cm³/mol. The molecule has 0 aromatic heterocycles. The average Bonchev–Trinajstić information content (AvgIpc) is 2.40. The topological polar surface area (TPSA) is 55.6 Å². The number of rotatable bonds is 3. The molecule has 0 aliphatic carbocycles. The first-order chi connectivity index (χ1) is 8.66. The molecule has 2 N–H and O–H groups in total. The smallest absolute Gasteiger partial charge is 0.239 e. The van der Waals surface area contributed by atoms with E-state index in [4.69, 9.17) is 10.5 Å². The maximum absolute atomic E-state index is 11.7. The van der Waals surface area contributed by atoms with Gasteiger partial charge in [-0.25, -0.2) is 0 Å². The number of nitrogens with two attached hydrogens (primary N) is 1. The van der Waals surface area contributed by atoms with Crippen LogP contribution in [0.5, 0.6) is 5.75 Å². The van der Waals surface area contributed by atoms with E-state index < -0.39 is 6.04 Å². The van der Waals surface area contributed by atoms with Gasteiger partial charge in [-0.05, 0) is 19.1 Å². The lowest BCUT2D eigenvalue weighted by Crippen LogP contribution is -2.47. The zero-order chi connectivity index (χ0) is 13.0. The minimum atomic E-state index is -0.406. The molecule has 0 spiro atoms. The molecule has 4 nitrogen and oxygen atoms in total. The van der Waals surface area contributed by atoms with Gasteiger partial charge >= 0.3 is 0 Å². The summed E-state index contributed by atoms with van der Waals surface area (Å²) in [6.45, 7) is 3.20. The normalized spacial score (nSPS) is 17.5. The highest BCUT2D eigenvalue weighted by molar-refractivity contribution is 5.85. The standard InChI is InChI=1S/C14H20N2O2.ClH/c1-11(15)14(17)16-9-7-13(8-10-16)18-12-5-3-2-4-6-12;/h2-6,11,13H,7-10,15H2,1H3;1H/t11-;/m0./s1. The van der Waals surface area contributed by atoms with Crippen LogP contribution in [0.3, 0.4) is 0 Å². The molecule has 1 heterocycles. The molecular formula is C14H21ClN2O2. The number of hydrogen-bond donors (Lipinski definition) is 1. The molecule has 1 amide bonds. The fraction of sp³-hybridized carbons (Fsp3) is 0.500. The van der Waals surface area contributed by atoms with Gasteiger partial charge in [0.2, 0.25) is 5.91 Å². The van der Waals surface area contributed by atoms with Crippen molar-refractivity contribution in [1.82, 2.24) is 4.90 Å². The van der Waals surface area contributed by atoms with E-state index in [-0.39, 0.29) is 24.4 Å². The number of benzene rings is 1. The Hall–Kier alpha value is -1.26. The monoisotopic (exact) mass is 284 g/mol. The molecule has 0 unspecified atom stereocenters. The first-order valence-electron chi connectivity index (χ1n) is 6.43. The van der Waals surface area contributed by atoms with Gasteiger partial charge < -0.3 is 15.4 Å². The van der Waals surface area contributed by atoms with Gasteiger partial charge in [0, 0.05) is 25.9 Å². The van der Waals surface area contributed by atoms with Crippen molar-refractivity contribution in [2.75, 3.05) is 13.1 Å². The molecule has 1 aromatic carbocycles. The molecule has 1 aliphatic heterocycles. The van der Waals surface area contributed by atoms with Gasteiger partial charge in [-0.2, -0.15) is 0 Å². The highest BCUT2D eigenvalue weighted by Gasteiger charge is 2.25. The predicted octanol–water partition coefficient (Wildman–Crippen LogP) is 1.83. The minimum absolute atomic E-state index is 0. The highest BCUT2D eigenvalue weighted by Crippen LogP contribution is 2.18. The second-order valence-electron chi connectivity index (χ2n) is 4.74. The third-order valence-electron chi connectivity index (χ3n) is 3.19. The highest BCUT2D eigenvalue weighted by atomic mass is 35.5. The third kappa shape index (κ3) is 4.40. The first kappa shape index (κ1) is 15.8. The second kappa shape index (κ2) is 7.36. The number of hydrogen-bond acceptors (Lipinski definition) is 3. The van der Waals surface area contributed by atoms with Crippen LogP contribution in [0.25, 0.3) is 0 Å². The van der Waals surface area contributed by atoms with Crippen LogP contribution in [-0.4, -0.2) is 36.0 Å². The van der Waals surface area contributed by atoms with Gasteiger partial charge in [-0.3, -0.25) is 4.79 Å². The number of nitrogens with zero attached hydrogens (tertiary/aromatic N) is 1. The third-order valence-corrected chi connectivity index (χ3v) is 3.19. The summed E-state index contributed by atoms with van der Waals surface area (Å²) < 4.78 is 5.87. The molecule has 1 atom stereocenters. The van der Waals surface area contributed by atoms with Gasteiger partial charge in [0.15, 0.2) is 0 Å². The summed E-state index contributed by atoms with van der Waals surface area (Å²) in [5, 5.41) is 0. The Morgan fingerprint density at radius 3 is 2.42 bits per heavy atom. The van der Waals surface area contributed by atoms with E-state index in [2.05, 4.69) is 0 Å². The van der Waals surface area contributed by atoms with Crippen LogP contribution < -0.4 is 10.5 Å². The lowest BCUT2D eigenvalue weighted by molar-refractivity contribution is -0.133. The minimum Gasteiger partial charge on any atom is -0.490 e. The molecule has 1 aromatic rings. The Balaban J connectivity index is 0.00000180. The van der Waals surface area contributed by atoms with E-state index in [1.807, 2.05) is 35.2 Å². The van der Waals surface area contributed by atoms with Crippen LogP contribution >= 0.6 is 12.4 Å². The van der Waals surface area contributed by atoms with Gasteiger partial charge in [0.25, 0.3) is 0 Å². The molecular weight excluding hydrogens is 264 g/mol. The van der Waals surface area contributed by atoms with E-state index in [1.54, 1.807) is 6.92 Å². The van der Waals surface area contributed by atoms with E-state index in [1.165, 1.54) is 0 Å². The van der Waals surface area contributed by atoms with Crippen molar-refractivity contribution in [3.8, 4) is 5.75 Å². The molecule has 1 fully saturated rings. The molecule has 1 aliphatic rings. The molecule has 0 bridgehead atoms.